The van der Waals surface area contributed by atoms with Crippen molar-refractivity contribution in [2.75, 3.05) is 13.2 Å². The zero-order chi connectivity index (χ0) is 17.3. The molecule has 1 amide bonds. The van der Waals surface area contributed by atoms with Gasteiger partial charge in [-0.2, -0.15) is 0 Å². The van der Waals surface area contributed by atoms with E-state index in [0.29, 0.717) is 0 Å². The molecule has 0 heterocycles. The van der Waals surface area contributed by atoms with Crippen LogP contribution >= 0.6 is 0 Å². The molecule has 0 aliphatic rings. The number of carbonyl (C=O) groups is 2. The van der Waals surface area contributed by atoms with Gasteiger partial charge in [-0.1, -0.05) is 0 Å². The van der Waals surface area contributed by atoms with Gasteiger partial charge in [0.25, 0.3) is 0 Å². The molecule has 130 valence electrons. The summed E-state index contributed by atoms with van der Waals surface area (Å²) >= 11 is 0. The number of hydrogen-bond acceptors (Lipinski definition) is 7. The molecule has 0 saturated carbocycles. The highest BCUT2D eigenvalue weighted by Gasteiger charge is 2.26. The fraction of sp³-hybridized carbons (Fsp3) is 0.857. The number of carbonyl (C=O) groups excluding carboxylic acids is 2. The van der Waals surface area contributed by atoms with Crippen molar-refractivity contribution in [2.45, 2.75) is 64.4 Å². The molecule has 0 radical (unpaired) electrons. The maximum absolute atomic E-state index is 11.6. The van der Waals surface area contributed by atoms with Crippen molar-refractivity contribution in [1.29, 1.82) is 0 Å². The summed E-state index contributed by atoms with van der Waals surface area (Å²) in [5.74, 6) is -0.581. The van der Waals surface area contributed by atoms with E-state index in [1.807, 2.05) is 0 Å². The van der Waals surface area contributed by atoms with Crippen LogP contribution in [0.3, 0.4) is 0 Å². The largest absolute Gasteiger partial charge is 0.466 e. The molecular weight excluding hydrogens is 294 g/mol. The van der Waals surface area contributed by atoms with Crippen molar-refractivity contribution < 1.29 is 34.4 Å². The predicted molar refractivity (Wildman–Crippen MR) is 78.1 cm³/mol. The summed E-state index contributed by atoms with van der Waals surface area (Å²) in [4.78, 5) is 22.8. The van der Waals surface area contributed by atoms with Gasteiger partial charge in [0.15, 0.2) is 0 Å². The zero-order valence-electron chi connectivity index (χ0n) is 13.5. The molecule has 0 aromatic carbocycles. The van der Waals surface area contributed by atoms with E-state index in [1.165, 1.54) is 0 Å². The van der Waals surface area contributed by atoms with E-state index in [9.17, 15) is 24.9 Å². The van der Waals surface area contributed by atoms with Crippen LogP contribution in [-0.4, -0.2) is 64.4 Å². The zero-order valence-corrected chi connectivity index (χ0v) is 13.5. The van der Waals surface area contributed by atoms with E-state index in [1.54, 1.807) is 27.7 Å². The van der Waals surface area contributed by atoms with Crippen LogP contribution in [0.2, 0.25) is 0 Å². The molecule has 0 aliphatic carbocycles. The van der Waals surface area contributed by atoms with Crippen molar-refractivity contribution in [2.24, 2.45) is 0 Å². The quantitative estimate of drug-likeness (QED) is 0.461. The van der Waals surface area contributed by atoms with Crippen LogP contribution in [0.25, 0.3) is 0 Å². The summed E-state index contributed by atoms with van der Waals surface area (Å²) in [6.07, 6.45) is -3.62. The lowest BCUT2D eigenvalue weighted by molar-refractivity contribution is -0.145. The summed E-state index contributed by atoms with van der Waals surface area (Å²) in [5, 5.41) is 31.2. The Labute approximate surface area is 130 Å². The van der Waals surface area contributed by atoms with Gasteiger partial charge in [0, 0.05) is 6.42 Å². The third-order valence-electron chi connectivity index (χ3n) is 2.58. The SMILES string of the molecule is CCOC(=O)C[C@@H](O)C[C@H](O)[C@H](CO)NC(=O)OC(C)(C)C. The summed E-state index contributed by atoms with van der Waals surface area (Å²) in [6, 6.07) is -1.01. The number of hydrogen-bond donors (Lipinski definition) is 4. The fourth-order valence-electron chi connectivity index (χ4n) is 1.66. The van der Waals surface area contributed by atoms with E-state index in [4.69, 9.17) is 4.74 Å². The number of rotatable bonds is 8. The van der Waals surface area contributed by atoms with Gasteiger partial charge in [-0.3, -0.25) is 4.79 Å². The minimum atomic E-state index is -1.23. The van der Waals surface area contributed by atoms with E-state index < -0.39 is 42.5 Å². The van der Waals surface area contributed by atoms with E-state index in [0.717, 1.165) is 0 Å². The van der Waals surface area contributed by atoms with Gasteiger partial charge in [-0.05, 0) is 27.7 Å². The third kappa shape index (κ3) is 9.54. The van der Waals surface area contributed by atoms with Crippen LogP contribution in [-0.2, 0) is 14.3 Å². The molecule has 0 fully saturated rings. The minimum Gasteiger partial charge on any atom is -0.466 e. The first kappa shape index (κ1) is 20.6. The highest BCUT2D eigenvalue weighted by molar-refractivity contribution is 5.70. The third-order valence-corrected chi connectivity index (χ3v) is 2.58. The molecule has 4 N–H and O–H groups in total. The van der Waals surface area contributed by atoms with Gasteiger partial charge in [0.05, 0.1) is 37.9 Å². The first-order valence-electron chi connectivity index (χ1n) is 7.21. The van der Waals surface area contributed by atoms with Crippen molar-refractivity contribution >= 4 is 12.1 Å². The molecule has 22 heavy (non-hydrogen) atoms. The smallest absolute Gasteiger partial charge is 0.408 e. The number of nitrogens with one attached hydrogen (secondary N) is 1. The van der Waals surface area contributed by atoms with E-state index in [-0.39, 0.29) is 19.4 Å². The van der Waals surface area contributed by atoms with Gasteiger partial charge in [-0.15, -0.1) is 0 Å². The number of alkyl carbamates (subject to hydrolysis) is 1. The van der Waals surface area contributed by atoms with Crippen LogP contribution in [0.1, 0.15) is 40.5 Å². The first-order chi connectivity index (χ1) is 10.1. The van der Waals surface area contributed by atoms with Crippen molar-refractivity contribution in [3.8, 4) is 0 Å². The molecule has 0 aromatic heterocycles. The summed E-state index contributed by atoms with van der Waals surface area (Å²) in [6.45, 7) is 6.35. The lowest BCUT2D eigenvalue weighted by Gasteiger charge is -2.26. The van der Waals surface area contributed by atoms with E-state index >= 15 is 0 Å². The van der Waals surface area contributed by atoms with Crippen LogP contribution in [0, 0.1) is 0 Å². The molecule has 0 bridgehead atoms. The van der Waals surface area contributed by atoms with Gasteiger partial charge in [0.2, 0.25) is 0 Å². The summed E-state index contributed by atoms with van der Waals surface area (Å²) in [7, 11) is 0. The molecule has 3 atom stereocenters. The topological polar surface area (TPSA) is 125 Å². The minimum absolute atomic E-state index is 0.195. The Bertz CT molecular complexity index is 354. The van der Waals surface area contributed by atoms with Gasteiger partial charge in [0.1, 0.15) is 5.60 Å². The van der Waals surface area contributed by atoms with E-state index in [2.05, 4.69) is 10.1 Å². The maximum atomic E-state index is 11.6. The first-order valence-corrected chi connectivity index (χ1v) is 7.21. The van der Waals surface area contributed by atoms with Crippen molar-refractivity contribution in [1.82, 2.24) is 5.32 Å². The van der Waals surface area contributed by atoms with Crippen molar-refractivity contribution in [3.05, 3.63) is 0 Å². The Morgan fingerprint density at radius 3 is 2.27 bits per heavy atom. The lowest BCUT2D eigenvalue weighted by Crippen LogP contribution is -2.48. The highest BCUT2D eigenvalue weighted by Crippen LogP contribution is 2.10. The van der Waals surface area contributed by atoms with Crippen molar-refractivity contribution in [3.63, 3.8) is 0 Å². The summed E-state index contributed by atoms with van der Waals surface area (Å²) in [5.41, 5.74) is -0.710. The van der Waals surface area contributed by atoms with Crippen LogP contribution in [0.4, 0.5) is 4.79 Å². The second-order valence-electron chi connectivity index (χ2n) is 5.90. The average molecular weight is 321 g/mol. The Balaban J connectivity index is 4.37. The number of aliphatic hydroxyl groups is 3. The number of aliphatic hydroxyl groups excluding tert-OH is 3. The molecule has 0 saturated heterocycles. The molecule has 0 rings (SSSR count). The van der Waals surface area contributed by atoms with Gasteiger partial charge < -0.3 is 30.1 Å². The molecule has 8 nitrogen and oxygen atoms in total. The van der Waals surface area contributed by atoms with Crippen LogP contribution in [0.5, 0.6) is 0 Å². The molecule has 0 spiro atoms. The monoisotopic (exact) mass is 321 g/mol. The Morgan fingerprint density at radius 1 is 1.23 bits per heavy atom. The molecule has 0 unspecified atom stereocenters. The Kier molecular flexibility index (Phi) is 9.00. The average Bonchev–Trinajstić information content (AvgIpc) is 2.33. The second kappa shape index (κ2) is 9.60. The van der Waals surface area contributed by atoms with Crippen LogP contribution in [0.15, 0.2) is 0 Å². The number of esters is 1. The highest BCUT2D eigenvalue weighted by atomic mass is 16.6. The lowest BCUT2D eigenvalue weighted by atomic mass is 10.0. The van der Waals surface area contributed by atoms with Crippen LogP contribution < -0.4 is 5.32 Å². The standard InChI is InChI=1S/C14H27NO7/c1-5-21-12(19)7-9(17)6-11(18)10(8-16)15-13(20)22-14(2,3)4/h9-11,16-18H,5-8H2,1-4H3,(H,15,20)/t9-,10-,11-/m0/s1. The molecular formula is C14H27NO7. The maximum Gasteiger partial charge on any atom is 0.408 e. The number of amides is 1. The summed E-state index contributed by atoms with van der Waals surface area (Å²) < 4.78 is 9.69. The van der Waals surface area contributed by atoms with Gasteiger partial charge >= 0.3 is 12.1 Å². The molecule has 8 heteroatoms. The second-order valence-corrected chi connectivity index (χ2v) is 5.90. The fourth-order valence-corrected chi connectivity index (χ4v) is 1.66. The molecule has 0 aromatic rings. The molecule has 0 aliphatic heterocycles. The Morgan fingerprint density at radius 2 is 1.82 bits per heavy atom. The van der Waals surface area contributed by atoms with Gasteiger partial charge in [-0.25, -0.2) is 4.79 Å². The predicted octanol–water partition coefficient (Wildman–Crippen LogP) is -0.0629. The normalized spacial score (nSPS) is 15.6. The number of ether oxygens (including phenoxy) is 2. The Hall–Kier alpha value is -1.38.